The number of halogens is 8. The van der Waals surface area contributed by atoms with Crippen molar-refractivity contribution in [1.82, 2.24) is 4.90 Å². The maximum absolute atomic E-state index is 14.7. The molecule has 1 heterocycles. The van der Waals surface area contributed by atoms with Crippen LogP contribution in [0.25, 0.3) is 0 Å². The van der Waals surface area contributed by atoms with E-state index >= 15 is 0 Å². The maximum atomic E-state index is 14.7. The fraction of sp³-hybridized carbons (Fsp3) is 0.517. The number of methoxy groups -OCH3 is 1. The number of nitrogens with zero attached hydrogens (tertiary/aromatic N) is 1. The van der Waals surface area contributed by atoms with Crippen molar-refractivity contribution in [3.63, 3.8) is 0 Å². The van der Waals surface area contributed by atoms with Crippen molar-refractivity contribution in [3.05, 3.63) is 65.2 Å². The number of hydrogen-bond acceptors (Lipinski definition) is 5. The molecular formula is C29H29ClF7NO5S. The highest BCUT2D eigenvalue weighted by Crippen LogP contribution is 2.54. The number of likely N-dealkylation sites (tertiary alicyclic amines) is 1. The third kappa shape index (κ3) is 5.79. The van der Waals surface area contributed by atoms with Crippen molar-refractivity contribution < 1.29 is 53.5 Å². The number of carbonyl (C=O) groups is 2. The van der Waals surface area contributed by atoms with Crippen molar-refractivity contribution in [2.24, 2.45) is 11.8 Å². The van der Waals surface area contributed by atoms with Gasteiger partial charge in [0.15, 0.2) is 9.84 Å². The molecular weight excluding hydrogens is 643 g/mol. The zero-order valence-corrected chi connectivity index (χ0v) is 24.9. The lowest BCUT2D eigenvalue weighted by Crippen LogP contribution is -2.50. The van der Waals surface area contributed by atoms with Gasteiger partial charge in [-0.25, -0.2) is 12.8 Å². The van der Waals surface area contributed by atoms with Gasteiger partial charge >= 0.3 is 24.0 Å². The third-order valence-corrected chi connectivity index (χ3v) is 11.4. The minimum absolute atomic E-state index is 0.0443. The van der Waals surface area contributed by atoms with E-state index in [9.17, 15) is 48.7 Å². The Kier molecular flexibility index (Phi) is 9.39. The average molecular weight is 672 g/mol. The molecule has 1 saturated carbocycles. The highest BCUT2D eigenvalue weighted by molar-refractivity contribution is 7.92. The van der Waals surface area contributed by atoms with Gasteiger partial charge in [-0.05, 0) is 55.4 Å². The second-order valence-electron chi connectivity index (χ2n) is 11.1. The Morgan fingerprint density at radius 1 is 0.932 bits per heavy atom. The quantitative estimate of drug-likeness (QED) is 0.188. The van der Waals surface area contributed by atoms with E-state index in [-0.39, 0.29) is 53.3 Å². The summed E-state index contributed by atoms with van der Waals surface area (Å²) < 4.78 is 126. The molecule has 0 bridgehead atoms. The molecule has 1 aliphatic carbocycles. The van der Waals surface area contributed by atoms with Crippen molar-refractivity contribution in [2.75, 3.05) is 20.2 Å². The highest BCUT2D eigenvalue weighted by Gasteiger charge is 2.73. The first-order valence-electron chi connectivity index (χ1n) is 13.6. The molecule has 44 heavy (non-hydrogen) atoms. The van der Waals surface area contributed by atoms with Gasteiger partial charge in [0, 0.05) is 30.5 Å². The van der Waals surface area contributed by atoms with Crippen LogP contribution in [0.1, 0.15) is 48.8 Å². The van der Waals surface area contributed by atoms with Crippen molar-refractivity contribution in [1.29, 1.82) is 0 Å². The molecule has 1 saturated heterocycles. The predicted molar refractivity (Wildman–Crippen MR) is 145 cm³/mol. The van der Waals surface area contributed by atoms with Crippen LogP contribution in [0.2, 0.25) is 0 Å². The molecule has 1 atom stereocenters. The van der Waals surface area contributed by atoms with Crippen molar-refractivity contribution in [3.8, 4) is 0 Å². The van der Waals surface area contributed by atoms with Gasteiger partial charge in [-0.3, -0.25) is 9.59 Å². The number of alkyl halides is 8. The molecule has 4 rings (SSSR count). The highest BCUT2D eigenvalue weighted by atomic mass is 35.5. The smallest absolute Gasteiger partial charge is 0.435 e. The van der Waals surface area contributed by atoms with Crippen molar-refractivity contribution >= 4 is 33.3 Å². The lowest BCUT2D eigenvalue weighted by atomic mass is 9.81. The minimum atomic E-state index is -6.35. The summed E-state index contributed by atoms with van der Waals surface area (Å²) in [5, 5.41) is 0. The number of hydrogen-bond donors (Lipinski definition) is 0. The average Bonchev–Trinajstić information content (AvgIpc) is 3.46. The van der Waals surface area contributed by atoms with Gasteiger partial charge < -0.3 is 9.64 Å². The van der Waals surface area contributed by atoms with Crippen LogP contribution < -0.4 is 0 Å². The van der Waals surface area contributed by atoms with Gasteiger partial charge in [-0.2, -0.15) is 26.3 Å². The molecule has 2 aromatic carbocycles. The summed E-state index contributed by atoms with van der Waals surface area (Å²) in [6, 6.07) is 7.61. The Morgan fingerprint density at radius 2 is 1.50 bits per heavy atom. The molecule has 6 nitrogen and oxygen atoms in total. The SMILES string of the molecule is COC(=O)[C@H]1CC[C@H](C(=O)N2CCC(c3ccc(C(F)(C(F)(F)F)C(F)(F)F)cc3)(S(=O)(=O)c3cccc(CCl)c3)C2)CC1. The van der Waals surface area contributed by atoms with Crippen LogP contribution in [0.5, 0.6) is 0 Å². The van der Waals surface area contributed by atoms with Gasteiger partial charge in [-0.1, -0.05) is 36.4 Å². The zero-order chi connectivity index (χ0) is 32.7. The molecule has 2 fully saturated rings. The summed E-state index contributed by atoms with van der Waals surface area (Å²) in [7, 11) is -3.20. The molecule has 1 unspecified atom stereocenters. The second-order valence-corrected chi connectivity index (χ2v) is 13.6. The Balaban J connectivity index is 1.74. The molecule has 2 aliphatic rings. The summed E-state index contributed by atoms with van der Waals surface area (Å²) in [5.41, 5.74) is -7.22. The van der Waals surface area contributed by atoms with Gasteiger partial charge in [-0.15, -0.1) is 11.6 Å². The Labute approximate surface area is 254 Å². The van der Waals surface area contributed by atoms with E-state index in [0.29, 0.717) is 31.2 Å². The van der Waals surface area contributed by atoms with E-state index in [2.05, 4.69) is 0 Å². The first-order chi connectivity index (χ1) is 20.4. The second kappa shape index (κ2) is 12.1. The minimum Gasteiger partial charge on any atom is -0.469 e. The summed E-state index contributed by atoms with van der Waals surface area (Å²) in [6.45, 7) is -0.529. The number of rotatable bonds is 7. The maximum Gasteiger partial charge on any atom is 0.435 e. The molecule has 1 aliphatic heterocycles. The Hall–Kier alpha value is -2.87. The number of amides is 1. The molecule has 242 valence electrons. The Bertz CT molecular complexity index is 1470. The summed E-state index contributed by atoms with van der Waals surface area (Å²) >= 11 is 5.89. The molecule has 0 spiro atoms. The van der Waals surface area contributed by atoms with Crippen molar-refractivity contribution in [2.45, 2.75) is 65.6 Å². The van der Waals surface area contributed by atoms with E-state index in [4.69, 9.17) is 16.3 Å². The first-order valence-corrected chi connectivity index (χ1v) is 15.6. The normalized spacial score (nSPS) is 23.4. The molecule has 1 amide bonds. The van der Waals surface area contributed by atoms with Crippen LogP contribution in [0.15, 0.2) is 53.4 Å². The summed E-state index contributed by atoms with van der Waals surface area (Å²) in [5.74, 6) is -1.71. The first kappa shape index (κ1) is 34.0. The number of ether oxygens (including phenoxy) is 1. The van der Waals surface area contributed by atoms with E-state index in [0.717, 1.165) is 12.1 Å². The zero-order valence-electron chi connectivity index (χ0n) is 23.4. The Morgan fingerprint density at radius 3 is 2.02 bits per heavy atom. The van der Waals surface area contributed by atoms with E-state index in [1.165, 1.54) is 30.2 Å². The van der Waals surface area contributed by atoms with Crippen LogP contribution in [-0.4, -0.2) is 57.7 Å². The molecule has 15 heteroatoms. The van der Waals surface area contributed by atoms with E-state index < -0.39 is 56.6 Å². The number of benzene rings is 2. The van der Waals surface area contributed by atoms with E-state index in [1.807, 2.05) is 0 Å². The lowest BCUT2D eigenvalue weighted by Gasteiger charge is -2.33. The summed E-state index contributed by atoms with van der Waals surface area (Å²) in [6.07, 6.45) is -11.5. The molecule has 0 aromatic heterocycles. The van der Waals surface area contributed by atoms with E-state index in [1.54, 1.807) is 6.07 Å². The fourth-order valence-corrected chi connectivity index (χ4v) is 8.41. The topological polar surface area (TPSA) is 80.8 Å². The van der Waals surface area contributed by atoms with Gasteiger partial charge in [0.25, 0.3) is 0 Å². The molecule has 2 aromatic rings. The van der Waals surface area contributed by atoms with Gasteiger partial charge in [0.05, 0.1) is 17.9 Å². The van der Waals surface area contributed by atoms with Crippen LogP contribution in [0.3, 0.4) is 0 Å². The standard InChI is InChI=1S/C29H29ClF7NO5S/c1-43-25(40)20-7-5-19(6-8-20)24(39)38-14-13-26(17-38,44(41,42)23-4-2-3-18(15-23)16-30)21-9-11-22(12-10-21)27(31,28(32,33)34)29(35,36)37/h2-4,9-12,15,19-20H,5-8,13-14,16-17H2,1H3/t19-,20-,26?. The summed E-state index contributed by atoms with van der Waals surface area (Å²) in [4.78, 5) is 26.5. The predicted octanol–water partition coefficient (Wildman–Crippen LogP) is 6.60. The van der Waals surface area contributed by atoms with Gasteiger partial charge in [0.1, 0.15) is 4.75 Å². The largest absolute Gasteiger partial charge is 0.469 e. The van der Waals surface area contributed by atoms with Crippen LogP contribution in [-0.2, 0) is 40.5 Å². The van der Waals surface area contributed by atoms with Crippen LogP contribution >= 0.6 is 11.6 Å². The van der Waals surface area contributed by atoms with Crippen LogP contribution in [0, 0.1) is 11.8 Å². The molecule has 0 N–H and O–H groups in total. The van der Waals surface area contributed by atoms with Gasteiger partial charge in [0.2, 0.25) is 5.91 Å². The number of esters is 1. The number of carbonyl (C=O) groups excluding carboxylic acids is 2. The fourth-order valence-electron chi connectivity index (χ4n) is 6.09. The molecule has 0 radical (unpaired) electrons. The number of sulfone groups is 1. The third-order valence-electron chi connectivity index (χ3n) is 8.62. The monoisotopic (exact) mass is 671 g/mol. The van der Waals surface area contributed by atoms with Crippen LogP contribution in [0.4, 0.5) is 30.7 Å². The lowest BCUT2D eigenvalue weighted by molar-refractivity contribution is -0.348.